The Hall–Kier alpha value is -3.36. The molecule has 0 heterocycles. The average Bonchev–Trinajstić information content (AvgIpc) is 2.67. The van der Waals surface area contributed by atoms with E-state index >= 15 is 0 Å². The van der Waals surface area contributed by atoms with E-state index in [4.69, 9.17) is 0 Å². The zero-order valence-corrected chi connectivity index (χ0v) is 15.6. The van der Waals surface area contributed by atoms with Gasteiger partial charge in [-0.05, 0) is 24.3 Å². The molecule has 0 saturated heterocycles. The Labute approximate surface area is 165 Å². The number of nitrogens with zero attached hydrogens (tertiary/aromatic N) is 1. The second kappa shape index (κ2) is 9.72. The summed E-state index contributed by atoms with van der Waals surface area (Å²) in [5, 5.41) is 4.77. The van der Waals surface area contributed by atoms with Gasteiger partial charge < -0.3 is 15.5 Å². The lowest BCUT2D eigenvalue weighted by Gasteiger charge is -2.18. The highest BCUT2D eigenvalue weighted by atomic mass is 19.4. The summed E-state index contributed by atoms with van der Waals surface area (Å²) >= 11 is 0. The van der Waals surface area contributed by atoms with E-state index in [1.165, 1.54) is 19.2 Å². The molecule has 0 unspecified atom stereocenters. The maximum atomic E-state index is 13.0. The molecule has 0 radical (unpaired) electrons. The molecule has 0 bridgehead atoms. The molecule has 0 aliphatic rings. The first-order chi connectivity index (χ1) is 13.7. The maximum Gasteiger partial charge on any atom is 0.418 e. The van der Waals surface area contributed by atoms with E-state index in [2.05, 4.69) is 10.6 Å². The third-order valence-corrected chi connectivity index (χ3v) is 3.97. The van der Waals surface area contributed by atoms with Crippen molar-refractivity contribution in [3.8, 4) is 0 Å². The summed E-state index contributed by atoms with van der Waals surface area (Å²) in [6.45, 7) is -0.354. The number of amides is 3. The first-order valence-electron chi connectivity index (χ1n) is 8.72. The first-order valence-corrected chi connectivity index (χ1v) is 8.72. The Bertz CT molecular complexity index is 870. The van der Waals surface area contributed by atoms with Crippen molar-refractivity contribution in [1.29, 1.82) is 0 Å². The zero-order valence-electron chi connectivity index (χ0n) is 15.6. The van der Waals surface area contributed by atoms with E-state index in [9.17, 15) is 27.6 Å². The molecule has 3 amide bonds. The van der Waals surface area contributed by atoms with Crippen LogP contribution in [0.15, 0.2) is 54.6 Å². The predicted octanol–water partition coefficient (Wildman–Crippen LogP) is 2.92. The van der Waals surface area contributed by atoms with Crippen molar-refractivity contribution in [1.82, 2.24) is 10.2 Å². The molecule has 9 heteroatoms. The second-order valence-corrected chi connectivity index (χ2v) is 6.21. The van der Waals surface area contributed by atoms with Gasteiger partial charge >= 0.3 is 6.18 Å². The normalized spacial score (nSPS) is 10.9. The number of halogens is 3. The Kier molecular flexibility index (Phi) is 7.35. The van der Waals surface area contributed by atoms with Crippen LogP contribution in [0.2, 0.25) is 0 Å². The molecular formula is C20H20F3N3O3. The van der Waals surface area contributed by atoms with Gasteiger partial charge in [0.2, 0.25) is 11.8 Å². The van der Waals surface area contributed by atoms with Crippen molar-refractivity contribution < 1.29 is 27.6 Å². The number of carbonyl (C=O) groups is 3. The van der Waals surface area contributed by atoms with E-state index < -0.39 is 30.1 Å². The quantitative estimate of drug-likeness (QED) is 0.741. The first kappa shape index (κ1) is 21.9. The highest BCUT2D eigenvalue weighted by molar-refractivity contribution is 5.96. The molecular weight excluding hydrogens is 387 g/mol. The van der Waals surface area contributed by atoms with Crippen molar-refractivity contribution in [2.24, 2.45) is 0 Å². The maximum absolute atomic E-state index is 13.0. The van der Waals surface area contributed by atoms with Crippen LogP contribution in [-0.4, -0.2) is 42.8 Å². The Morgan fingerprint density at radius 3 is 2.24 bits per heavy atom. The molecule has 2 rings (SSSR count). The number of carbonyl (C=O) groups excluding carboxylic acids is 3. The second-order valence-electron chi connectivity index (χ2n) is 6.21. The third-order valence-electron chi connectivity index (χ3n) is 3.97. The van der Waals surface area contributed by atoms with E-state index in [0.717, 1.165) is 17.0 Å². The summed E-state index contributed by atoms with van der Waals surface area (Å²) in [5.41, 5.74) is -0.886. The van der Waals surface area contributed by atoms with Gasteiger partial charge in [0.05, 0.1) is 17.8 Å². The molecule has 154 valence electrons. The van der Waals surface area contributed by atoms with Gasteiger partial charge in [-0.2, -0.15) is 13.2 Å². The molecule has 0 saturated carbocycles. The van der Waals surface area contributed by atoms with Gasteiger partial charge in [0.1, 0.15) is 0 Å². The van der Waals surface area contributed by atoms with Crippen molar-refractivity contribution in [3.05, 3.63) is 65.7 Å². The van der Waals surface area contributed by atoms with E-state index in [0.29, 0.717) is 5.56 Å². The predicted molar refractivity (Wildman–Crippen MR) is 101 cm³/mol. The summed E-state index contributed by atoms with van der Waals surface area (Å²) in [6, 6.07) is 13.0. The molecule has 2 aromatic rings. The summed E-state index contributed by atoms with van der Waals surface area (Å²) in [6.07, 6.45) is -4.66. The van der Waals surface area contributed by atoms with Crippen molar-refractivity contribution in [2.45, 2.75) is 12.6 Å². The van der Waals surface area contributed by atoms with E-state index in [-0.39, 0.29) is 24.6 Å². The number of hydrogen-bond donors (Lipinski definition) is 2. The van der Waals surface area contributed by atoms with Crippen LogP contribution in [0.25, 0.3) is 0 Å². The molecule has 0 spiro atoms. The zero-order chi connectivity index (χ0) is 21.4. The van der Waals surface area contributed by atoms with Gasteiger partial charge in [0, 0.05) is 25.6 Å². The molecule has 0 fully saturated rings. The Morgan fingerprint density at radius 1 is 0.966 bits per heavy atom. The highest BCUT2D eigenvalue weighted by Gasteiger charge is 2.33. The van der Waals surface area contributed by atoms with Crippen LogP contribution in [-0.2, 0) is 15.8 Å². The minimum Gasteiger partial charge on any atom is -0.352 e. The largest absolute Gasteiger partial charge is 0.418 e. The van der Waals surface area contributed by atoms with Crippen LogP contribution >= 0.6 is 0 Å². The monoisotopic (exact) mass is 407 g/mol. The van der Waals surface area contributed by atoms with Gasteiger partial charge in [-0.1, -0.05) is 30.3 Å². The molecule has 0 aromatic heterocycles. The smallest absolute Gasteiger partial charge is 0.352 e. The molecule has 2 aromatic carbocycles. The van der Waals surface area contributed by atoms with Crippen LogP contribution in [0.3, 0.4) is 0 Å². The van der Waals surface area contributed by atoms with E-state index in [1.54, 1.807) is 30.3 Å². The lowest BCUT2D eigenvalue weighted by atomic mass is 10.1. The number of benzene rings is 2. The Morgan fingerprint density at radius 2 is 1.59 bits per heavy atom. The van der Waals surface area contributed by atoms with Crippen LogP contribution in [0.1, 0.15) is 22.3 Å². The topological polar surface area (TPSA) is 78.5 Å². The third kappa shape index (κ3) is 6.63. The number of likely N-dealkylation sites (N-methyl/N-ethyl adjacent to an activating group) is 1. The SMILES string of the molecule is CN(CC(=O)Nc1ccccc1C(F)(F)F)C(=O)CCNC(=O)c1ccccc1. The number of anilines is 1. The van der Waals surface area contributed by atoms with Crippen molar-refractivity contribution >= 4 is 23.4 Å². The summed E-state index contributed by atoms with van der Waals surface area (Å²) in [5.74, 6) is -1.52. The highest BCUT2D eigenvalue weighted by Crippen LogP contribution is 2.34. The van der Waals surface area contributed by atoms with E-state index in [1.807, 2.05) is 0 Å². The van der Waals surface area contributed by atoms with Crippen LogP contribution in [0, 0.1) is 0 Å². The molecule has 29 heavy (non-hydrogen) atoms. The molecule has 0 atom stereocenters. The summed E-state index contributed by atoms with van der Waals surface area (Å²) < 4.78 is 38.9. The fraction of sp³-hybridized carbons (Fsp3) is 0.250. The fourth-order valence-corrected chi connectivity index (χ4v) is 2.50. The lowest BCUT2D eigenvalue weighted by molar-refractivity contribution is -0.137. The molecule has 0 aliphatic heterocycles. The van der Waals surface area contributed by atoms with Crippen molar-refractivity contribution in [2.75, 3.05) is 25.5 Å². The molecule has 2 N–H and O–H groups in total. The van der Waals surface area contributed by atoms with Gasteiger partial charge in [-0.15, -0.1) is 0 Å². The average molecular weight is 407 g/mol. The van der Waals surface area contributed by atoms with Gasteiger partial charge in [-0.3, -0.25) is 14.4 Å². The van der Waals surface area contributed by atoms with Gasteiger partial charge in [0.25, 0.3) is 5.91 Å². The van der Waals surface area contributed by atoms with Crippen LogP contribution in [0.4, 0.5) is 18.9 Å². The molecule has 6 nitrogen and oxygen atoms in total. The fourth-order valence-electron chi connectivity index (χ4n) is 2.50. The minimum absolute atomic E-state index is 0.0541. The number of para-hydroxylation sites is 1. The number of rotatable bonds is 7. The number of alkyl halides is 3. The summed E-state index contributed by atoms with van der Waals surface area (Å²) in [7, 11) is 1.36. The van der Waals surface area contributed by atoms with Crippen molar-refractivity contribution in [3.63, 3.8) is 0 Å². The Balaban J connectivity index is 1.82. The standard InChI is InChI=1S/C20H20F3N3O3/c1-26(18(28)11-12-24-19(29)14-7-3-2-4-8-14)13-17(27)25-16-10-6-5-9-15(16)20(21,22)23/h2-10H,11-13H2,1H3,(H,24,29)(H,25,27). The summed E-state index contributed by atoms with van der Waals surface area (Å²) in [4.78, 5) is 37.1. The van der Waals surface area contributed by atoms with Crippen LogP contribution in [0.5, 0.6) is 0 Å². The lowest BCUT2D eigenvalue weighted by Crippen LogP contribution is -2.37. The van der Waals surface area contributed by atoms with Gasteiger partial charge in [0.15, 0.2) is 0 Å². The molecule has 0 aliphatic carbocycles. The van der Waals surface area contributed by atoms with Gasteiger partial charge in [-0.25, -0.2) is 0 Å². The number of nitrogens with one attached hydrogen (secondary N) is 2. The van der Waals surface area contributed by atoms with Crippen LogP contribution < -0.4 is 10.6 Å². The minimum atomic E-state index is -4.61. The number of hydrogen-bond acceptors (Lipinski definition) is 3.